The highest BCUT2D eigenvalue weighted by Gasteiger charge is 2.12. The average Bonchev–Trinajstić information content (AvgIpc) is 2.62. The van der Waals surface area contributed by atoms with E-state index < -0.39 is 0 Å². The molecule has 2 aromatic rings. The van der Waals surface area contributed by atoms with Gasteiger partial charge in [0.15, 0.2) is 0 Å². The van der Waals surface area contributed by atoms with Crippen molar-refractivity contribution < 1.29 is 4.79 Å². The van der Waals surface area contributed by atoms with E-state index in [1.54, 1.807) is 17.4 Å². The molecule has 1 N–H and O–H groups in total. The van der Waals surface area contributed by atoms with Gasteiger partial charge in [-0.1, -0.05) is 29.8 Å². The molecule has 1 aromatic heterocycles. The number of halogens is 1. The van der Waals surface area contributed by atoms with E-state index in [2.05, 4.69) is 5.32 Å². The molecule has 0 aliphatic rings. The Morgan fingerprint density at radius 3 is 2.63 bits per heavy atom. The second kappa shape index (κ2) is 5.35. The number of hydrogen-bond acceptors (Lipinski definition) is 2. The Morgan fingerprint density at radius 1 is 1.32 bits per heavy atom. The second-order valence-corrected chi connectivity index (χ2v) is 6.81. The summed E-state index contributed by atoms with van der Waals surface area (Å²) in [6, 6.07) is 7.95. The Bertz CT molecular complexity index is 637. The van der Waals surface area contributed by atoms with Crippen LogP contribution in [0.1, 0.15) is 25.6 Å². The van der Waals surface area contributed by atoms with Gasteiger partial charge in [0, 0.05) is 26.6 Å². The summed E-state index contributed by atoms with van der Waals surface area (Å²) in [4.78, 5) is 12.6. The van der Waals surface area contributed by atoms with Crippen molar-refractivity contribution >= 4 is 45.0 Å². The fraction of sp³-hybridized carbons (Fsp3) is 0.267. The maximum Gasteiger partial charge on any atom is 0.244 e. The van der Waals surface area contributed by atoms with Crippen molar-refractivity contribution in [1.82, 2.24) is 5.32 Å². The summed E-state index contributed by atoms with van der Waals surface area (Å²) in [6.45, 7) is 5.85. The van der Waals surface area contributed by atoms with Gasteiger partial charge in [-0.3, -0.25) is 4.79 Å². The van der Waals surface area contributed by atoms with Crippen molar-refractivity contribution in [3.8, 4) is 0 Å². The number of amides is 1. The predicted molar refractivity (Wildman–Crippen MR) is 83.8 cm³/mol. The summed E-state index contributed by atoms with van der Waals surface area (Å²) in [6.07, 6.45) is 3.30. The zero-order valence-corrected chi connectivity index (χ0v) is 12.7. The highest BCUT2D eigenvalue weighted by atomic mass is 35.5. The van der Waals surface area contributed by atoms with Crippen molar-refractivity contribution in [2.45, 2.75) is 26.3 Å². The number of carbonyl (C=O) groups is 1. The van der Waals surface area contributed by atoms with E-state index >= 15 is 0 Å². The van der Waals surface area contributed by atoms with Gasteiger partial charge in [-0.15, -0.1) is 11.3 Å². The largest absolute Gasteiger partial charge is 0.348 e. The minimum atomic E-state index is -0.231. The molecule has 1 heterocycles. The Labute approximate surface area is 122 Å². The quantitative estimate of drug-likeness (QED) is 0.813. The third kappa shape index (κ3) is 3.58. The normalized spacial score (nSPS) is 12.2. The summed E-state index contributed by atoms with van der Waals surface area (Å²) in [7, 11) is 0. The molecular formula is C15H16ClNOS. The molecule has 1 amide bonds. The van der Waals surface area contributed by atoms with Gasteiger partial charge in [-0.25, -0.2) is 0 Å². The molecule has 2 nitrogen and oxygen atoms in total. The number of benzene rings is 1. The lowest BCUT2D eigenvalue weighted by Gasteiger charge is -2.18. The van der Waals surface area contributed by atoms with Crippen LogP contribution >= 0.6 is 22.9 Å². The molecule has 4 heteroatoms. The summed E-state index contributed by atoms with van der Waals surface area (Å²) in [5.74, 6) is -0.110. The Morgan fingerprint density at radius 2 is 2.00 bits per heavy atom. The van der Waals surface area contributed by atoms with E-state index in [0.29, 0.717) is 5.02 Å². The van der Waals surface area contributed by atoms with Crippen LogP contribution in [0.15, 0.2) is 30.3 Å². The molecular weight excluding hydrogens is 278 g/mol. The number of hydrogen-bond donors (Lipinski definition) is 1. The Balaban J connectivity index is 2.22. The number of rotatable bonds is 2. The maximum absolute atomic E-state index is 11.7. The van der Waals surface area contributed by atoms with Crippen molar-refractivity contribution in [3.63, 3.8) is 0 Å². The highest BCUT2D eigenvalue weighted by Crippen LogP contribution is 2.35. The maximum atomic E-state index is 11.7. The fourth-order valence-electron chi connectivity index (χ4n) is 1.70. The van der Waals surface area contributed by atoms with Crippen LogP contribution in [-0.4, -0.2) is 11.4 Å². The molecule has 100 valence electrons. The minimum Gasteiger partial charge on any atom is -0.348 e. The number of carbonyl (C=O) groups excluding carboxylic acids is 1. The van der Waals surface area contributed by atoms with Crippen molar-refractivity contribution in [1.29, 1.82) is 0 Å². The van der Waals surface area contributed by atoms with Gasteiger partial charge in [0.25, 0.3) is 0 Å². The second-order valence-electron chi connectivity index (χ2n) is 5.35. The van der Waals surface area contributed by atoms with Crippen molar-refractivity contribution in [3.05, 3.63) is 40.2 Å². The molecule has 0 saturated carbocycles. The first-order chi connectivity index (χ1) is 8.87. The molecule has 0 spiro atoms. The molecule has 1 aromatic carbocycles. The molecule has 0 aliphatic carbocycles. The molecule has 0 aliphatic heterocycles. The van der Waals surface area contributed by atoms with Gasteiger partial charge in [-0.05, 0) is 32.9 Å². The van der Waals surface area contributed by atoms with Crippen LogP contribution in [0, 0.1) is 0 Å². The summed E-state index contributed by atoms with van der Waals surface area (Å²) < 4.78 is 1.13. The monoisotopic (exact) mass is 293 g/mol. The molecule has 19 heavy (non-hydrogen) atoms. The van der Waals surface area contributed by atoms with E-state index in [-0.39, 0.29) is 11.4 Å². The van der Waals surface area contributed by atoms with Crippen LogP contribution < -0.4 is 5.32 Å². The summed E-state index contributed by atoms with van der Waals surface area (Å²) in [5, 5.41) is 4.62. The molecule has 0 unspecified atom stereocenters. The van der Waals surface area contributed by atoms with Gasteiger partial charge in [0.1, 0.15) is 0 Å². The van der Waals surface area contributed by atoms with Crippen LogP contribution in [0.4, 0.5) is 0 Å². The topological polar surface area (TPSA) is 29.1 Å². The van der Waals surface area contributed by atoms with Gasteiger partial charge in [0.2, 0.25) is 5.91 Å². The van der Waals surface area contributed by atoms with Gasteiger partial charge in [-0.2, -0.15) is 0 Å². The van der Waals surface area contributed by atoms with Crippen LogP contribution in [0.25, 0.3) is 16.2 Å². The number of nitrogens with one attached hydrogen (secondary N) is 1. The zero-order valence-electron chi connectivity index (χ0n) is 11.2. The smallest absolute Gasteiger partial charge is 0.244 e. The van der Waals surface area contributed by atoms with Crippen molar-refractivity contribution in [2.24, 2.45) is 0 Å². The summed E-state index contributed by atoms with van der Waals surface area (Å²) in [5.41, 5.74) is -0.231. The third-order valence-corrected chi connectivity index (χ3v) is 4.10. The van der Waals surface area contributed by atoms with Crippen LogP contribution in [0.3, 0.4) is 0 Å². The first-order valence-electron chi connectivity index (χ1n) is 6.04. The molecule has 0 saturated heterocycles. The lowest BCUT2D eigenvalue weighted by atomic mass is 10.1. The fourth-order valence-corrected chi connectivity index (χ4v) is 3.10. The van der Waals surface area contributed by atoms with Crippen LogP contribution in [-0.2, 0) is 4.79 Å². The average molecular weight is 294 g/mol. The lowest BCUT2D eigenvalue weighted by molar-refractivity contribution is -0.117. The van der Waals surface area contributed by atoms with Gasteiger partial charge < -0.3 is 5.32 Å². The predicted octanol–water partition coefficient (Wildman–Crippen LogP) is 4.48. The molecule has 2 rings (SSSR count). The Hall–Kier alpha value is -1.32. The molecule has 0 radical (unpaired) electrons. The molecule has 0 atom stereocenters. The number of fused-ring (bicyclic) bond motifs is 1. The van der Waals surface area contributed by atoms with Crippen LogP contribution in [0.2, 0.25) is 5.02 Å². The van der Waals surface area contributed by atoms with E-state index in [4.69, 9.17) is 11.6 Å². The first-order valence-corrected chi connectivity index (χ1v) is 7.23. The molecule has 0 bridgehead atoms. The Kier molecular flexibility index (Phi) is 3.97. The molecule has 0 fully saturated rings. The standard InChI is InChI=1S/C15H16ClNOS/c1-15(2,3)17-13(18)9-8-12-14(16)10-6-4-5-7-11(10)19-12/h4-9H,1-3H3,(H,17,18)/b9-8+. The zero-order chi connectivity index (χ0) is 14.0. The van der Waals surface area contributed by atoms with E-state index in [1.807, 2.05) is 45.0 Å². The lowest BCUT2D eigenvalue weighted by Crippen LogP contribution is -2.39. The highest BCUT2D eigenvalue weighted by molar-refractivity contribution is 7.20. The first kappa shape index (κ1) is 14.1. The van der Waals surface area contributed by atoms with E-state index in [1.165, 1.54) is 6.08 Å². The number of thiophene rings is 1. The SMILES string of the molecule is CC(C)(C)NC(=O)/C=C/c1sc2ccccc2c1Cl. The van der Waals surface area contributed by atoms with Crippen molar-refractivity contribution in [2.75, 3.05) is 0 Å². The van der Waals surface area contributed by atoms with E-state index in [9.17, 15) is 4.79 Å². The minimum absolute atomic E-state index is 0.110. The van der Waals surface area contributed by atoms with E-state index in [0.717, 1.165) is 15.0 Å². The summed E-state index contributed by atoms with van der Waals surface area (Å²) >= 11 is 7.89. The van der Waals surface area contributed by atoms with Gasteiger partial charge in [0.05, 0.1) is 5.02 Å². The third-order valence-electron chi connectivity index (χ3n) is 2.44. The van der Waals surface area contributed by atoms with Crippen LogP contribution in [0.5, 0.6) is 0 Å². The van der Waals surface area contributed by atoms with Gasteiger partial charge >= 0.3 is 0 Å².